The van der Waals surface area contributed by atoms with Crippen LogP contribution in [0.2, 0.25) is 0 Å². The van der Waals surface area contributed by atoms with Crippen LogP contribution in [0.1, 0.15) is 15.9 Å². The summed E-state index contributed by atoms with van der Waals surface area (Å²) in [6.07, 6.45) is 5.05. The number of rotatable bonds is 8. The fourth-order valence-electron chi connectivity index (χ4n) is 2.30. The van der Waals surface area contributed by atoms with Gasteiger partial charge in [-0.2, -0.15) is 4.72 Å². The van der Waals surface area contributed by atoms with Gasteiger partial charge in [0.1, 0.15) is 0 Å². The van der Waals surface area contributed by atoms with E-state index in [1.54, 1.807) is 7.05 Å². The molecule has 0 unspecified atom stereocenters. The summed E-state index contributed by atoms with van der Waals surface area (Å²) in [5.41, 5.74) is 0.918. The molecule has 1 N–H and O–H groups in total. The number of nitrogens with zero attached hydrogens (tertiary/aromatic N) is 1. The molecule has 2 aromatic rings. The molecule has 2 aromatic carbocycles. The van der Waals surface area contributed by atoms with E-state index in [1.807, 2.05) is 24.3 Å². The van der Waals surface area contributed by atoms with Crippen LogP contribution in [0.25, 0.3) is 0 Å². The minimum absolute atomic E-state index is 0.00911. The molecule has 0 fully saturated rings. The second-order valence-corrected chi connectivity index (χ2v) is 8.60. The molecule has 2 rings (SSSR count). The van der Waals surface area contributed by atoms with Gasteiger partial charge in [0.2, 0.25) is 10.0 Å². The Balaban J connectivity index is 1.98. The first kappa shape index (κ1) is 22.6. The fraction of sp³-hybridized carbons (Fsp3) is 0.200. The second kappa shape index (κ2) is 10.2. The zero-order valence-corrected chi connectivity index (χ0v) is 18.0. The third kappa shape index (κ3) is 6.42. The van der Waals surface area contributed by atoms with Crippen molar-refractivity contribution in [3.8, 4) is 12.3 Å². The molecule has 0 aliphatic carbocycles. The largest absolute Gasteiger partial charge is 0.452 e. The van der Waals surface area contributed by atoms with Gasteiger partial charge in [0, 0.05) is 18.1 Å². The summed E-state index contributed by atoms with van der Waals surface area (Å²) in [6.45, 7) is -0.298. The normalized spacial score (nSPS) is 10.8. The van der Waals surface area contributed by atoms with E-state index >= 15 is 0 Å². The molecule has 0 spiro atoms. The molecule has 7 nitrogen and oxygen atoms in total. The van der Waals surface area contributed by atoms with Crippen LogP contribution in [-0.4, -0.2) is 45.4 Å². The molecule has 0 aromatic heterocycles. The van der Waals surface area contributed by atoms with Crippen molar-refractivity contribution in [2.45, 2.75) is 11.4 Å². The average Bonchev–Trinajstić information content (AvgIpc) is 2.72. The Hall–Kier alpha value is -2.67. The molecule has 0 bridgehead atoms. The topological polar surface area (TPSA) is 92.8 Å². The maximum Gasteiger partial charge on any atom is 0.338 e. The molecule has 0 atom stereocenters. The Morgan fingerprint density at radius 2 is 1.93 bits per heavy atom. The maximum absolute atomic E-state index is 12.2. The number of sulfonamides is 1. The van der Waals surface area contributed by atoms with Gasteiger partial charge in [-0.15, -0.1) is 6.42 Å². The number of carbonyl (C=O) groups is 2. The Bertz CT molecular complexity index is 1050. The van der Waals surface area contributed by atoms with Crippen molar-refractivity contribution in [3.05, 3.63) is 64.1 Å². The van der Waals surface area contributed by atoms with Gasteiger partial charge in [-0.1, -0.05) is 46.1 Å². The lowest BCUT2D eigenvalue weighted by molar-refractivity contribution is -0.133. The summed E-state index contributed by atoms with van der Waals surface area (Å²) in [4.78, 5) is 25.8. The SMILES string of the molecule is C#CCNS(=O)(=O)c1cccc(C(=O)OCC(=O)N(C)Cc2ccccc2Br)c1. The highest BCUT2D eigenvalue weighted by Gasteiger charge is 2.18. The van der Waals surface area contributed by atoms with Gasteiger partial charge in [0.15, 0.2) is 6.61 Å². The molecule has 0 aliphatic heterocycles. The smallest absolute Gasteiger partial charge is 0.338 e. The van der Waals surface area contributed by atoms with Crippen molar-refractivity contribution >= 4 is 37.8 Å². The van der Waals surface area contributed by atoms with Crippen LogP contribution >= 0.6 is 15.9 Å². The van der Waals surface area contributed by atoms with E-state index in [0.29, 0.717) is 6.54 Å². The van der Waals surface area contributed by atoms with E-state index < -0.39 is 28.5 Å². The van der Waals surface area contributed by atoms with E-state index in [4.69, 9.17) is 11.2 Å². The second-order valence-electron chi connectivity index (χ2n) is 5.97. The zero-order valence-electron chi connectivity index (χ0n) is 15.6. The summed E-state index contributed by atoms with van der Waals surface area (Å²) in [6, 6.07) is 12.8. The van der Waals surface area contributed by atoms with Crippen molar-refractivity contribution in [1.29, 1.82) is 0 Å². The van der Waals surface area contributed by atoms with E-state index in [9.17, 15) is 18.0 Å². The summed E-state index contributed by atoms with van der Waals surface area (Å²) < 4.78 is 32.3. The number of halogens is 1. The van der Waals surface area contributed by atoms with Crippen molar-refractivity contribution in [1.82, 2.24) is 9.62 Å². The van der Waals surface area contributed by atoms with E-state index in [0.717, 1.165) is 16.1 Å². The van der Waals surface area contributed by atoms with E-state index in [1.165, 1.54) is 23.1 Å². The molecular formula is C20H19BrN2O5S. The fourth-order valence-corrected chi connectivity index (χ4v) is 3.69. The van der Waals surface area contributed by atoms with Crippen LogP contribution in [-0.2, 0) is 26.1 Å². The molecule has 1 amide bonds. The van der Waals surface area contributed by atoms with Gasteiger partial charge >= 0.3 is 5.97 Å². The number of hydrogen-bond acceptors (Lipinski definition) is 5. The number of nitrogens with one attached hydrogen (secondary N) is 1. The van der Waals surface area contributed by atoms with Gasteiger partial charge < -0.3 is 9.64 Å². The summed E-state index contributed by atoms with van der Waals surface area (Å²) in [7, 11) is -2.24. The lowest BCUT2D eigenvalue weighted by Gasteiger charge is -2.18. The Morgan fingerprint density at radius 3 is 2.62 bits per heavy atom. The molecule has 29 heavy (non-hydrogen) atoms. The number of hydrogen-bond donors (Lipinski definition) is 1. The predicted octanol–water partition coefficient (Wildman–Crippen LogP) is 2.18. The molecule has 0 radical (unpaired) electrons. The van der Waals surface area contributed by atoms with Gasteiger partial charge in [0.25, 0.3) is 5.91 Å². The first-order valence-electron chi connectivity index (χ1n) is 8.42. The lowest BCUT2D eigenvalue weighted by Crippen LogP contribution is -2.31. The highest BCUT2D eigenvalue weighted by atomic mass is 79.9. The van der Waals surface area contributed by atoms with Crippen LogP contribution in [0.15, 0.2) is 57.9 Å². The number of carbonyl (C=O) groups excluding carboxylic acids is 2. The van der Waals surface area contributed by atoms with Crippen molar-refractivity contribution < 1.29 is 22.7 Å². The number of terminal acetylenes is 1. The predicted molar refractivity (Wildman–Crippen MR) is 111 cm³/mol. The maximum atomic E-state index is 12.2. The number of benzene rings is 2. The Morgan fingerprint density at radius 1 is 1.21 bits per heavy atom. The Labute approximate surface area is 178 Å². The number of esters is 1. The van der Waals surface area contributed by atoms with Crippen LogP contribution in [0.4, 0.5) is 0 Å². The lowest BCUT2D eigenvalue weighted by atomic mass is 10.2. The van der Waals surface area contributed by atoms with Crippen LogP contribution in [0.3, 0.4) is 0 Å². The number of likely N-dealkylation sites (N-methyl/N-ethyl adjacent to an activating group) is 1. The third-order valence-corrected chi connectivity index (χ3v) is 6.03. The van der Waals surface area contributed by atoms with Gasteiger partial charge in [-0.05, 0) is 29.8 Å². The zero-order chi connectivity index (χ0) is 21.4. The molecule has 0 saturated heterocycles. The summed E-state index contributed by atoms with van der Waals surface area (Å²) in [5, 5.41) is 0. The van der Waals surface area contributed by atoms with Crippen LogP contribution in [0.5, 0.6) is 0 Å². The molecule has 152 valence electrons. The molecular weight excluding hydrogens is 460 g/mol. The monoisotopic (exact) mass is 478 g/mol. The van der Waals surface area contributed by atoms with Crippen molar-refractivity contribution in [2.24, 2.45) is 0 Å². The standard InChI is InChI=1S/C20H19BrN2O5S/c1-3-11-22-29(26,27)17-9-6-8-15(12-17)20(25)28-14-19(24)23(2)13-16-7-4-5-10-18(16)21/h1,4-10,12,22H,11,13-14H2,2H3. The van der Waals surface area contributed by atoms with Crippen molar-refractivity contribution in [2.75, 3.05) is 20.2 Å². The number of amides is 1. The summed E-state index contributed by atoms with van der Waals surface area (Å²) >= 11 is 3.42. The quantitative estimate of drug-likeness (QED) is 0.463. The minimum atomic E-state index is -3.84. The molecule has 0 heterocycles. The third-order valence-electron chi connectivity index (χ3n) is 3.86. The van der Waals surface area contributed by atoms with Gasteiger partial charge in [-0.3, -0.25) is 4.79 Å². The van der Waals surface area contributed by atoms with Gasteiger partial charge in [-0.25, -0.2) is 13.2 Å². The highest BCUT2D eigenvalue weighted by molar-refractivity contribution is 9.10. The first-order chi connectivity index (χ1) is 13.7. The molecule has 0 aliphatic rings. The number of ether oxygens (including phenoxy) is 1. The molecule has 9 heteroatoms. The van der Waals surface area contributed by atoms with Crippen LogP contribution in [0, 0.1) is 12.3 Å². The highest BCUT2D eigenvalue weighted by Crippen LogP contribution is 2.17. The van der Waals surface area contributed by atoms with E-state index in [-0.39, 0.29) is 17.0 Å². The average molecular weight is 479 g/mol. The summed E-state index contributed by atoms with van der Waals surface area (Å²) in [5.74, 6) is 0.969. The van der Waals surface area contributed by atoms with Gasteiger partial charge in [0.05, 0.1) is 17.0 Å². The van der Waals surface area contributed by atoms with Crippen molar-refractivity contribution in [3.63, 3.8) is 0 Å². The minimum Gasteiger partial charge on any atom is -0.452 e. The Kier molecular flexibility index (Phi) is 7.96. The molecule has 0 saturated carbocycles. The van der Waals surface area contributed by atoms with E-state index in [2.05, 4.69) is 26.6 Å². The van der Waals surface area contributed by atoms with Crippen LogP contribution < -0.4 is 4.72 Å². The first-order valence-corrected chi connectivity index (χ1v) is 10.7.